The Kier molecular flexibility index (Phi) is 15.0. The van der Waals surface area contributed by atoms with Crippen LogP contribution in [0.25, 0.3) is 0 Å². The third-order valence-corrected chi connectivity index (χ3v) is 4.93. The molecule has 0 saturated carbocycles. The first-order chi connectivity index (χ1) is 13.6. The molecule has 0 saturated heterocycles. The molecule has 1 heterocycles. The zero-order valence-electron chi connectivity index (χ0n) is 17.2. The highest BCUT2D eigenvalue weighted by molar-refractivity contribution is 7.80. The molecule has 0 aromatic carbocycles. The van der Waals surface area contributed by atoms with Gasteiger partial charge < -0.3 is 0 Å². The van der Waals surface area contributed by atoms with E-state index in [-0.39, 0.29) is 22.2 Å². The Morgan fingerprint density at radius 3 is 1.86 bits per heavy atom. The van der Waals surface area contributed by atoms with Crippen LogP contribution in [0.2, 0.25) is 0 Å². The standard InChI is InChI=1S/C21H36N4OS2/c1-2-3-4-5-6-7-8-9-10-11-12-13-14-15-16-17-18(26)22-19-23-20(27)25-21(28)24-19/h9-10H,2-8,11-17H2,1H3,(H3,22,23,24,25,26,27,28)/b10-9-. The van der Waals surface area contributed by atoms with Gasteiger partial charge in [0, 0.05) is 6.42 Å². The number of carbonyl (C=O) groups is 1. The van der Waals surface area contributed by atoms with Crippen molar-refractivity contribution >= 4 is 37.1 Å². The van der Waals surface area contributed by atoms with Crippen LogP contribution in [-0.2, 0) is 4.79 Å². The summed E-state index contributed by atoms with van der Waals surface area (Å²) in [5.41, 5.74) is 0. The maximum absolute atomic E-state index is 11.9. The lowest BCUT2D eigenvalue weighted by Crippen LogP contribution is -2.14. The first-order valence-corrected chi connectivity index (χ1v) is 11.6. The second kappa shape index (κ2) is 16.8. The summed E-state index contributed by atoms with van der Waals surface area (Å²) in [4.78, 5) is 23.6. The second-order valence-electron chi connectivity index (χ2n) is 7.14. The van der Waals surface area contributed by atoms with Crippen LogP contribution in [0.5, 0.6) is 0 Å². The van der Waals surface area contributed by atoms with Crippen molar-refractivity contribution in [1.29, 1.82) is 0 Å². The number of rotatable bonds is 16. The molecule has 5 nitrogen and oxygen atoms in total. The minimum absolute atomic E-state index is 0.0794. The maximum atomic E-state index is 11.9. The lowest BCUT2D eigenvalue weighted by Gasteiger charge is -2.04. The molecule has 0 fully saturated rings. The molecule has 7 heteroatoms. The van der Waals surface area contributed by atoms with Gasteiger partial charge in [-0.3, -0.25) is 10.1 Å². The fourth-order valence-electron chi connectivity index (χ4n) is 2.95. The minimum Gasteiger partial charge on any atom is -0.294 e. The average molecular weight is 425 g/mol. The Morgan fingerprint density at radius 1 is 0.786 bits per heavy atom. The van der Waals surface area contributed by atoms with Gasteiger partial charge in [0.2, 0.25) is 11.9 Å². The Bertz CT molecular complexity index is 561. The molecule has 0 radical (unpaired) electrons. The molecule has 0 aliphatic carbocycles. The summed E-state index contributed by atoms with van der Waals surface area (Å²) in [6.07, 6.45) is 21.3. The van der Waals surface area contributed by atoms with Crippen molar-refractivity contribution in [2.45, 2.75) is 107 Å². The van der Waals surface area contributed by atoms with E-state index in [4.69, 9.17) is 0 Å². The summed E-state index contributed by atoms with van der Waals surface area (Å²) in [6, 6.07) is 0. The molecule has 0 aliphatic rings. The first-order valence-electron chi connectivity index (χ1n) is 10.7. The van der Waals surface area contributed by atoms with Crippen LogP contribution in [0.3, 0.4) is 0 Å². The summed E-state index contributed by atoms with van der Waals surface area (Å²) < 4.78 is 0. The van der Waals surface area contributed by atoms with Gasteiger partial charge in [0.05, 0.1) is 0 Å². The number of hydrogen-bond donors (Lipinski definition) is 3. The van der Waals surface area contributed by atoms with E-state index in [1.54, 1.807) is 0 Å². The van der Waals surface area contributed by atoms with Crippen molar-refractivity contribution in [3.05, 3.63) is 12.2 Å². The van der Waals surface area contributed by atoms with E-state index < -0.39 is 0 Å². The highest BCUT2D eigenvalue weighted by Crippen LogP contribution is 2.11. The van der Waals surface area contributed by atoms with Gasteiger partial charge in [0.25, 0.3) is 0 Å². The van der Waals surface area contributed by atoms with E-state index in [0.29, 0.717) is 6.42 Å². The van der Waals surface area contributed by atoms with Crippen molar-refractivity contribution in [1.82, 2.24) is 15.0 Å². The third-order valence-electron chi connectivity index (χ3n) is 4.53. The molecule has 0 aliphatic heterocycles. The summed E-state index contributed by atoms with van der Waals surface area (Å²) in [5.74, 6) is 0.132. The van der Waals surface area contributed by atoms with E-state index in [1.165, 1.54) is 70.6 Å². The highest BCUT2D eigenvalue weighted by Gasteiger charge is 2.06. The summed E-state index contributed by atoms with van der Waals surface area (Å²) in [7, 11) is 0. The number of nitrogens with zero attached hydrogens (tertiary/aromatic N) is 3. The zero-order valence-corrected chi connectivity index (χ0v) is 19.0. The van der Waals surface area contributed by atoms with E-state index in [9.17, 15) is 4.79 Å². The predicted octanol–water partition coefficient (Wildman–Crippen LogP) is 6.43. The number of amides is 1. The number of hydrogen-bond acceptors (Lipinski definition) is 6. The first kappa shape index (κ1) is 25.0. The predicted molar refractivity (Wildman–Crippen MR) is 122 cm³/mol. The number of aromatic nitrogens is 3. The lowest BCUT2D eigenvalue weighted by molar-refractivity contribution is -0.116. The SMILES string of the molecule is CCCCCCCC/C=C\CCCCCCCC(=O)Nc1nc(S)nc(S)n1. The van der Waals surface area contributed by atoms with Crippen molar-refractivity contribution in [2.75, 3.05) is 5.32 Å². The molecule has 0 bridgehead atoms. The van der Waals surface area contributed by atoms with Gasteiger partial charge in [-0.1, -0.05) is 70.4 Å². The Balaban J connectivity index is 1.92. The van der Waals surface area contributed by atoms with Crippen molar-refractivity contribution in [3.8, 4) is 0 Å². The van der Waals surface area contributed by atoms with Crippen LogP contribution >= 0.6 is 25.3 Å². The molecule has 0 unspecified atom stereocenters. The van der Waals surface area contributed by atoms with Gasteiger partial charge >= 0.3 is 0 Å². The fraction of sp³-hybridized carbons (Fsp3) is 0.714. The molecule has 1 aromatic heterocycles. The minimum atomic E-state index is -0.0794. The van der Waals surface area contributed by atoms with Gasteiger partial charge in [-0.25, -0.2) is 0 Å². The van der Waals surface area contributed by atoms with E-state index in [0.717, 1.165) is 12.8 Å². The van der Waals surface area contributed by atoms with Crippen molar-refractivity contribution < 1.29 is 4.79 Å². The largest absolute Gasteiger partial charge is 0.294 e. The van der Waals surface area contributed by atoms with Gasteiger partial charge in [-0.05, 0) is 32.1 Å². The Labute approximate surface area is 181 Å². The fourth-order valence-corrected chi connectivity index (χ4v) is 3.41. The molecule has 28 heavy (non-hydrogen) atoms. The smallest absolute Gasteiger partial charge is 0.234 e. The van der Waals surface area contributed by atoms with Gasteiger partial charge in [0.1, 0.15) is 0 Å². The molecular formula is C21H36N4OS2. The maximum Gasteiger partial charge on any atom is 0.234 e. The monoisotopic (exact) mass is 424 g/mol. The van der Waals surface area contributed by atoms with Crippen LogP contribution in [0.15, 0.2) is 22.5 Å². The number of carbonyl (C=O) groups excluding carboxylic acids is 1. The molecule has 0 atom stereocenters. The van der Waals surface area contributed by atoms with E-state index in [1.807, 2.05) is 0 Å². The van der Waals surface area contributed by atoms with Crippen LogP contribution in [0.4, 0.5) is 5.95 Å². The van der Waals surface area contributed by atoms with Crippen LogP contribution in [0.1, 0.15) is 96.8 Å². The third kappa shape index (κ3) is 14.0. The average Bonchev–Trinajstić information content (AvgIpc) is 2.64. The number of allylic oxidation sites excluding steroid dienone is 2. The lowest BCUT2D eigenvalue weighted by atomic mass is 10.1. The number of thiol groups is 2. The van der Waals surface area contributed by atoms with Crippen molar-refractivity contribution in [2.24, 2.45) is 0 Å². The summed E-state index contributed by atoms with van der Waals surface area (Å²) in [6.45, 7) is 2.26. The molecule has 0 spiro atoms. The van der Waals surface area contributed by atoms with Crippen LogP contribution in [0, 0.1) is 0 Å². The molecular weight excluding hydrogens is 388 g/mol. The highest BCUT2D eigenvalue weighted by atomic mass is 32.1. The number of anilines is 1. The summed E-state index contributed by atoms with van der Waals surface area (Å²) >= 11 is 8.09. The van der Waals surface area contributed by atoms with Gasteiger partial charge in [-0.2, -0.15) is 15.0 Å². The van der Waals surface area contributed by atoms with Crippen LogP contribution in [-0.4, -0.2) is 20.9 Å². The molecule has 1 aromatic rings. The van der Waals surface area contributed by atoms with Gasteiger partial charge in [-0.15, -0.1) is 25.3 Å². The summed E-state index contributed by atoms with van der Waals surface area (Å²) in [5, 5.41) is 3.16. The van der Waals surface area contributed by atoms with Crippen LogP contribution < -0.4 is 5.32 Å². The second-order valence-corrected chi connectivity index (χ2v) is 7.94. The Morgan fingerprint density at radius 2 is 1.29 bits per heavy atom. The quantitative estimate of drug-likeness (QED) is 0.163. The zero-order chi connectivity index (χ0) is 20.5. The Hall–Kier alpha value is -1.08. The molecule has 158 valence electrons. The van der Waals surface area contributed by atoms with Crippen molar-refractivity contribution in [3.63, 3.8) is 0 Å². The van der Waals surface area contributed by atoms with E-state index in [2.05, 4.69) is 64.6 Å². The molecule has 1 rings (SSSR count). The molecule has 1 N–H and O–H groups in total. The number of nitrogens with one attached hydrogen (secondary N) is 1. The van der Waals surface area contributed by atoms with E-state index >= 15 is 0 Å². The normalized spacial score (nSPS) is 11.2. The van der Waals surface area contributed by atoms with Gasteiger partial charge in [0.15, 0.2) is 10.3 Å². The topological polar surface area (TPSA) is 67.8 Å². The number of unbranched alkanes of at least 4 members (excludes halogenated alkanes) is 11. The molecule has 1 amide bonds.